The number of hydrogen-bond acceptors (Lipinski definition) is 6. The van der Waals surface area contributed by atoms with Crippen LogP contribution in [0.25, 0.3) is 10.8 Å². The molecule has 3 aromatic rings. The lowest BCUT2D eigenvalue weighted by Gasteiger charge is -2.34. The van der Waals surface area contributed by atoms with E-state index in [4.69, 9.17) is 0 Å². The van der Waals surface area contributed by atoms with Gasteiger partial charge in [-0.2, -0.15) is 0 Å². The van der Waals surface area contributed by atoms with Crippen LogP contribution in [-0.2, 0) is 20.9 Å². The normalized spacial score (nSPS) is 19.1. The molecule has 0 bridgehead atoms. The first-order chi connectivity index (χ1) is 19.8. The van der Waals surface area contributed by atoms with Gasteiger partial charge in [0.05, 0.1) is 37.1 Å². The highest BCUT2D eigenvalue weighted by Gasteiger charge is 2.38. The second-order valence-electron chi connectivity index (χ2n) is 11.2. The van der Waals surface area contributed by atoms with Gasteiger partial charge < -0.3 is 25.3 Å². The summed E-state index contributed by atoms with van der Waals surface area (Å²) in [6, 6.07) is 18.5. The number of piperazine rings is 1. The zero-order valence-electron chi connectivity index (χ0n) is 24.4. The summed E-state index contributed by atoms with van der Waals surface area (Å²) in [5, 5.41) is 8.07. The van der Waals surface area contributed by atoms with Gasteiger partial charge in [-0.1, -0.05) is 48.5 Å². The number of rotatable bonds is 7. The molecule has 3 amide bonds. The molecule has 3 aromatic carbocycles. The molecule has 2 atom stereocenters. The molecule has 2 aliphatic rings. The van der Waals surface area contributed by atoms with Crippen molar-refractivity contribution in [2.45, 2.75) is 32.5 Å². The Morgan fingerprint density at radius 3 is 2.37 bits per heavy atom. The number of hydrogen-bond donors (Lipinski definition) is 2. The quantitative estimate of drug-likeness (QED) is 0.465. The number of aryl methyl sites for hydroxylation is 1. The number of para-hydroxylation sites is 2. The van der Waals surface area contributed by atoms with Gasteiger partial charge in [0.25, 0.3) is 5.91 Å². The van der Waals surface area contributed by atoms with Crippen LogP contribution in [0.2, 0.25) is 0 Å². The Morgan fingerprint density at radius 1 is 0.951 bits per heavy atom. The lowest BCUT2D eigenvalue weighted by atomic mass is 9.99. The second-order valence-corrected chi connectivity index (χ2v) is 11.2. The van der Waals surface area contributed by atoms with E-state index in [9.17, 15) is 14.4 Å². The van der Waals surface area contributed by atoms with Gasteiger partial charge in [0, 0.05) is 26.2 Å². The first kappa shape index (κ1) is 28.7. The van der Waals surface area contributed by atoms with Crippen molar-refractivity contribution in [1.82, 2.24) is 20.4 Å². The molecule has 216 valence electrons. The average molecular weight is 557 g/mol. The molecule has 0 aromatic heterocycles. The Balaban J connectivity index is 1.55. The Morgan fingerprint density at radius 2 is 1.63 bits per heavy atom. The van der Waals surface area contributed by atoms with Crippen molar-refractivity contribution in [1.29, 1.82) is 0 Å². The summed E-state index contributed by atoms with van der Waals surface area (Å²) < 4.78 is 0. The first-order valence-corrected chi connectivity index (χ1v) is 14.3. The fourth-order valence-corrected chi connectivity index (χ4v) is 5.62. The number of anilines is 2. The summed E-state index contributed by atoms with van der Waals surface area (Å²) in [4.78, 5) is 49.1. The third-order valence-corrected chi connectivity index (χ3v) is 8.38. The Hall–Kier alpha value is -3.79. The van der Waals surface area contributed by atoms with Crippen molar-refractivity contribution < 1.29 is 14.4 Å². The number of likely N-dealkylation sites (N-methyl/N-ethyl adjacent to an activating group) is 2. The highest BCUT2D eigenvalue weighted by Crippen LogP contribution is 2.35. The number of fused-ring (bicyclic) bond motifs is 2. The van der Waals surface area contributed by atoms with E-state index in [-0.39, 0.29) is 30.8 Å². The molecular formula is C32H40N6O3. The molecule has 0 radical (unpaired) electrons. The summed E-state index contributed by atoms with van der Waals surface area (Å²) in [7, 11) is 3.79. The van der Waals surface area contributed by atoms with E-state index < -0.39 is 12.1 Å². The van der Waals surface area contributed by atoms with Crippen LogP contribution in [0.15, 0.2) is 60.7 Å². The van der Waals surface area contributed by atoms with Gasteiger partial charge in [-0.15, -0.1) is 0 Å². The second kappa shape index (κ2) is 12.4. The standard InChI is InChI=1S/C32H40N6O3/c1-22-13-14-24-9-5-6-10-25(24)26(22)19-38-29-12-8-7-11-28(29)37(30(39)21-36-17-15-35(4)16-18-36)20-27(32(38)41)34-31(40)23(2)33-3/h5-14,23,27,33H,15-21H2,1-4H3,(H,34,40)/t23-,27-/m0/s1. The molecule has 2 aliphatic heterocycles. The lowest BCUT2D eigenvalue weighted by Crippen LogP contribution is -2.56. The minimum atomic E-state index is -0.905. The van der Waals surface area contributed by atoms with E-state index in [0.717, 1.165) is 48.1 Å². The number of benzene rings is 3. The van der Waals surface area contributed by atoms with E-state index in [1.807, 2.05) is 36.4 Å². The Labute approximate surface area is 242 Å². The minimum absolute atomic E-state index is 0.0651. The largest absolute Gasteiger partial charge is 0.341 e. The van der Waals surface area contributed by atoms with Crippen LogP contribution >= 0.6 is 0 Å². The van der Waals surface area contributed by atoms with Gasteiger partial charge >= 0.3 is 0 Å². The van der Waals surface area contributed by atoms with E-state index in [2.05, 4.69) is 58.7 Å². The van der Waals surface area contributed by atoms with Crippen molar-refractivity contribution in [3.05, 3.63) is 71.8 Å². The van der Waals surface area contributed by atoms with Crippen LogP contribution in [-0.4, -0.2) is 93.0 Å². The molecule has 0 unspecified atom stereocenters. The molecule has 5 rings (SSSR count). The van der Waals surface area contributed by atoms with Crippen molar-refractivity contribution in [2.24, 2.45) is 0 Å². The lowest BCUT2D eigenvalue weighted by molar-refractivity contribution is -0.128. The van der Waals surface area contributed by atoms with Gasteiger partial charge in [0.1, 0.15) is 6.04 Å². The van der Waals surface area contributed by atoms with E-state index in [1.54, 1.807) is 23.8 Å². The van der Waals surface area contributed by atoms with Gasteiger partial charge in [-0.3, -0.25) is 19.3 Å². The zero-order chi connectivity index (χ0) is 29.1. The third kappa shape index (κ3) is 6.12. The third-order valence-electron chi connectivity index (χ3n) is 8.38. The molecule has 9 heteroatoms. The van der Waals surface area contributed by atoms with E-state index in [0.29, 0.717) is 17.9 Å². The van der Waals surface area contributed by atoms with Crippen molar-refractivity contribution in [2.75, 3.05) is 63.2 Å². The van der Waals surface area contributed by atoms with Gasteiger partial charge in [0.2, 0.25) is 11.8 Å². The van der Waals surface area contributed by atoms with Crippen molar-refractivity contribution >= 4 is 39.9 Å². The zero-order valence-corrected chi connectivity index (χ0v) is 24.4. The molecule has 0 aliphatic carbocycles. The van der Waals surface area contributed by atoms with Gasteiger partial charge in [-0.25, -0.2) is 0 Å². The molecule has 9 nitrogen and oxygen atoms in total. The highest BCUT2D eigenvalue weighted by atomic mass is 16.2. The van der Waals surface area contributed by atoms with Gasteiger partial charge in [-0.05, 0) is 62.0 Å². The summed E-state index contributed by atoms with van der Waals surface area (Å²) >= 11 is 0. The maximum absolute atomic E-state index is 14.3. The highest BCUT2D eigenvalue weighted by molar-refractivity contribution is 6.08. The smallest absolute Gasteiger partial charge is 0.251 e. The summed E-state index contributed by atoms with van der Waals surface area (Å²) in [6.45, 7) is 7.86. The van der Waals surface area contributed by atoms with Crippen LogP contribution in [0.1, 0.15) is 18.1 Å². The average Bonchev–Trinajstić information content (AvgIpc) is 3.09. The maximum Gasteiger partial charge on any atom is 0.251 e. The fraction of sp³-hybridized carbons (Fsp3) is 0.406. The van der Waals surface area contributed by atoms with Crippen LogP contribution in [0, 0.1) is 6.92 Å². The number of carbonyl (C=O) groups is 3. The van der Waals surface area contributed by atoms with Crippen LogP contribution in [0.5, 0.6) is 0 Å². The predicted octanol–water partition coefficient (Wildman–Crippen LogP) is 2.37. The van der Waals surface area contributed by atoms with Crippen molar-refractivity contribution in [3.63, 3.8) is 0 Å². The van der Waals surface area contributed by atoms with Crippen molar-refractivity contribution in [3.8, 4) is 0 Å². The monoisotopic (exact) mass is 556 g/mol. The fourth-order valence-electron chi connectivity index (χ4n) is 5.62. The predicted molar refractivity (Wildman–Crippen MR) is 163 cm³/mol. The van der Waals surface area contributed by atoms with E-state index in [1.165, 1.54) is 0 Å². The number of carbonyl (C=O) groups excluding carboxylic acids is 3. The SMILES string of the molecule is CN[C@@H](C)C(=O)N[C@H]1CN(C(=O)CN2CCN(C)CC2)c2ccccc2N(Cc2c(C)ccc3ccccc23)C1=O. The van der Waals surface area contributed by atoms with Crippen LogP contribution < -0.4 is 20.4 Å². The molecule has 41 heavy (non-hydrogen) atoms. The summed E-state index contributed by atoms with van der Waals surface area (Å²) in [5.41, 5.74) is 3.45. The molecule has 0 saturated carbocycles. The summed E-state index contributed by atoms with van der Waals surface area (Å²) in [6.07, 6.45) is 0. The molecule has 2 heterocycles. The number of nitrogens with one attached hydrogen (secondary N) is 2. The molecule has 2 N–H and O–H groups in total. The number of nitrogens with zero attached hydrogens (tertiary/aromatic N) is 4. The topological polar surface area (TPSA) is 88.2 Å². The molecule has 1 saturated heterocycles. The first-order valence-electron chi connectivity index (χ1n) is 14.3. The van der Waals surface area contributed by atoms with Crippen LogP contribution in [0.4, 0.5) is 11.4 Å². The van der Waals surface area contributed by atoms with Crippen LogP contribution in [0.3, 0.4) is 0 Å². The Bertz CT molecular complexity index is 1430. The summed E-state index contributed by atoms with van der Waals surface area (Å²) in [5.74, 6) is -0.611. The Kier molecular flexibility index (Phi) is 8.68. The molecular weight excluding hydrogens is 516 g/mol. The molecule has 1 fully saturated rings. The minimum Gasteiger partial charge on any atom is -0.341 e. The maximum atomic E-state index is 14.3. The van der Waals surface area contributed by atoms with Gasteiger partial charge in [0.15, 0.2) is 0 Å². The number of amides is 3. The van der Waals surface area contributed by atoms with E-state index >= 15 is 0 Å². The molecule has 0 spiro atoms.